The van der Waals surface area contributed by atoms with Crippen LogP contribution >= 0.6 is 0 Å². The summed E-state index contributed by atoms with van der Waals surface area (Å²) in [6, 6.07) is 1.63. The Morgan fingerprint density at radius 1 is 0.698 bits per heavy atom. The number of rotatable bonds is 18. The van der Waals surface area contributed by atoms with Crippen molar-refractivity contribution in [2.75, 3.05) is 0 Å². The van der Waals surface area contributed by atoms with Crippen LogP contribution in [0.3, 0.4) is 0 Å². The zero-order chi connectivity index (χ0) is 46.0. The van der Waals surface area contributed by atoms with Crippen molar-refractivity contribution >= 4 is 27.5 Å². The van der Waals surface area contributed by atoms with Gasteiger partial charge in [-0.05, 0) is 132 Å². The summed E-state index contributed by atoms with van der Waals surface area (Å²) in [6.45, 7) is 16.4. The number of aromatic hydroxyl groups is 4. The zero-order valence-electron chi connectivity index (χ0n) is 38.3. The number of phenolic OH excluding ortho intramolecular Hbond substituents is 2. The molecule has 0 saturated heterocycles. The lowest BCUT2D eigenvalue weighted by Gasteiger charge is -2.40. The topological polar surface area (TPSA) is 187 Å². The van der Waals surface area contributed by atoms with Crippen molar-refractivity contribution < 1.29 is 50.0 Å². The highest BCUT2D eigenvalue weighted by Gasteiger charge is 2.43. The quantitative estimate of drug-likeness (QED) is 0.0474. The molecule has 0 aliphatic carbocycles. The molecule has 0 fully saturated rings. The van der Waals surface area contributed by atoms with Crippen LogP contribution < -0.4 is 9.47 Å². The Labute approximate surface area is 371 Å². The van der Waals surface area contributed by atoms with Crippen LogP contribution in [0, 0.1) is 0 Å². The molecule has 0 spiro atoms. The molecule has 2 aromatic heterocycles. The van der Waals surface area contributed by atoms with Gasteiger partial charge in [0.2, 0.25) is 0 Å². The smallest absolute Gasteiger partial charge is 0.326 e. The van der Waals surface area contributed by atoms with Crippen LogP contribution in [-0.4, -0.2) is 74.3 Å². The summed E-state index contributed by atoms with van der Waals surface area (Å²) in [5, 5.41) is 79.5. The number of aromatic nitrogens is 2. The van der Waals surface area contributed by atoms with Crippen molar-refractivity contribution in [3.63, 3.8) is 0 Å². The molecule has 2 aliphatic heterocycles. The molecule has 0 bridgehead atoms. The molecule has 12 nitrogen and oxygen atoms in total. The molecule has 63 heavy (non-hydrogen) atoms. The number of carbonyl (C=O) groups is 1. The van der Waals surface area contributed by atoms with E-state index in [0.29, 0.717) is 64.5 Å². The Morgan fingerprint density at radius 2 is 1.16 bits per heavy atom. The van der Waals surface area contributed by atoms with Crippen LogP contribution in [0.5, 0.6) is 34.8 Å². The summed E-state index contributed by atoms with van der Waals surface area (Å²) in [4.78, 5) is 12.8. The molecule has 12 heteroatoms. The van der Waals surface area contributed by atoms with Gasteiger partial charge in [-0.25, -0.2) is 4.79 Å². The van der Waals surface area contributed by atoms with Crippen LogP contribution in [0.4, 0.5) is 0 Å². The number of aryl methyl sites for hydroxylation is 1. The van der Waals surface area contributed by atoms with E-state index < -0.39 is 35.4 Å². The number of hydrogen-bond donors (Lipinski definition) is 7. The van der Waals surface area contributed by atoms with Gasteiger partial charge < -0.3 is 54.4 Å². The lowest BCUT2D eigenvalue weighted by atomic mass is 9.84. The highest BCUT2D eigenvalue weighted by molar-refractivity contribution is 5.97. The first-order valence-corrected chi connectivity index (χ1v) is 22.4. The van der Waals surface area contributed by atoms with E-state index in [2.05, 4.69) is 65.8 Å². The average molecular weight is 869 g/mol. The predicted octanol–water partition coefficient (Wildman–Crippen LogP) is 10.6. The molecule has 2 aliphatic rings. The molecule has 2 aromatic carbocycles. The highest BCUT2D eigenvalue weighted by atomic mass is 16.5. The van der Waals surface area contributed by atoms with Gasteiger partial charge in [-0.3, -0.25) is 0 Å². The summed E-state index contributed by atoms with van der Waals surface area (Å²) in [5.74, 6) is -1.17. The largest absolute Gasteiger partial charge is 0.508 e. The molecule has 0 saturated carbocycles. The van der Waals surface area contributed by atoms with E-state index >= 15 is 0 Å². The molecular formula is C51H68N2O10. The van der Waals surface area contributed by atoms with Crippen molar-refractivity contribution in [1.29, 1.82) is 0 Å². The number of carboxylic acids is 1. The van der Waals surface area contributed by atoms with Crippen LogP contribution in [-0.2, 0) is 24.2 Å². The summed E-state index contributed by atoms with van der Waals surface area (Å²) in [5.41, 5.74) is 3.99. The number of phenols is 2. The first-order chi connectivity index (χ1) is 29.7. The first kappa shape index (κ1) is 47.2. The van der Waals surface area contributed by atoms with Crippen LogP contribution in [0.25, 0.3) is 21.5 Å². The summed E-state index contributed by atoms with van der Waals surface area (Å²) in [6.07, 6.45) is 17.1. The van der Waals surface area contributed by atoms with E-state index in [9.17, 15) is 40.5 Å². The minimum absolute atomic E-state index is 0.0635. The Bertz CT molecular complexity index is 2460. The minimum atomic E-state index is -1.21. The zero-order valence-corrected chi connectivity index (χ0v) is 38.3. The Morgan fingerprint density at radius 3 is 1.62 bits per heavy atom. The number of fused-ring (bicyclic) bond motifs is 6. The molecule has 0 unspecified atom stereocenters. The molecule has 5 atom stereocenters. The third-order valence-corrected chi connectivity index (χ3v) is 13.2. The molecule has 0 radical (unpaired) electrons. The van der Waals surface area contributed by atoms with Crippen molar-refractivity contribution in [2.45, 2.75) is 168 Å². The van der Waals surface area contributed by atoms with Crippen molar-refractivity contribution in [2.24, 2.45) is 0 Å². The fraction of sp³-hybridized carbons (Fsp3) is 0.510. The van der Waals surface area contributed by atoms with Gasteiger partial charge in [-0.2, -0.15) is 0 Å². The Balaban J connectivity index is 1.19. The van der Waals surface area contributed by atoms with Crippen LogP contribution in [0.2, 0.25) is 0 Å². The summed E-state index contributed by atoms with van der Waals surface area (Å²) in [7, 11) is 0. The second-order valence-corrected chi connectivity index (χ2v) is 18.9. The normalized spacial score (nSPS) is 21.7. The number of benzene rings is 2. The number of aliphatic hydroxyl groups excluding tert-OH is 2. The molecule has 6 rings (SSSR count). The second-order valence-electron chi connectivity index (χ2n) is 18.9. The van der Waals surface area contributed by atoms with Gasteiger partial charge in [0, 0.05) is 53.7 Å². The Kier molecular flexibility index (Phi) is 14.4. The summed E-state index contributed by atoms with van der Waals surface area (Å²) >= 11 is 0. The number of nitrogens with zero attached hydrogens (tertiary/aromatic N) is 2. The van der Waals surface area contributed by atoms with Gasteiger partial charge in [0.25, 0.3) is 0 Å². The molecule has 4 aromatic rings. The maximum atomic E-state index is 12.8. The predicted molar refractivity (Wildman–Crippen MR) is 247 cm³/mol. The first-order valence-electron chi connectivity index (χ1n) is 22.4. The lowest BCUT2D eigenvalue weighted by Crippen LogP contribution is -2.48. The molecular weight excluding hydrogens is 801 g/mol. The van der Waals surface area contributed by atoms with Crippen LogP contribution in [0.15, 0.2) is 71.1 Å². The van der Waals surface area contributed by atoms with E-state index in [1.165, 1.54) is 45.2 Å². The molecule has 342 valence electrons. The monoisotopic (exact) mass is 868 g/mol. The Hall–Kier alpha value is -5.33. The second kappa shape index (κ2) is 19.2. The minimum Gasteiger partial charge on any atom is -0.508 e. The highest BCUT2D eigenvalue weighted by Crippen LogP contribution is 2.50. The standard InChI is InChI=1S/C51H68N2O10/c1-30(2)14-9-16-32(5)18-11-21-50(7)43(56)26-36-41(54)24-34-38(45(36)62-50)28-52(47(34)58)23-13-20-40(49(60)61)53-29-39-35(48(53)59)25-42(55)37-27-44(57)51(8,63-46(37)39)22-12-19-33(6)17-10-15-31(3)4/h14-15,18-19,24-25,28-29,40,43-44,54-59H,9-13,16-17,20-23,26-27H2,1-8H3,(H,60,61)/t40-,43+,44+,50+,51+/m0/s1. The lowest BCUT2D eigenvalue weighted by molar-refractivity contribution is -0.141. The van der Waals surface area contributed by atoms with Crippen molar-refractivity contribution in [3.05, 3.63) is 82.2 Å². The van der Waals surface area contributed by atoms with E-state index in [-0.39, 0.29) is 60.9 Å². The SMILES string of the molecule is CC(C)=CCCC(C)=CCC[C@@]1(C)Oc2c(c(O)cc3c(O)n(CCC[C@@H](C(=O)O)n4cc5c6c(c(O)cc5c4O)C[C@@H](O)[C@@](C)(CCC=C(C)CCC=C(C)C)O6)cc23)C[C@H]1O. The van der Waals surface area contributed by atoms with Gasteiger partial charge >= 0.3 is 5.97 Å². The third-order valence-electron chi connectivity index (χ3n) is 13.2. The van der Waals surface area contributed by atoms with Crippen molar-refractivity contribution in [3.8, 4) is 34.8 Å². The van der Waals surface area contributed by atoms with Gasteiger partial charge in [0.05, 0.1) is 23.0 Å². The van der Waals surface area contributed by atoms with E-state index in [1.807, 2.05) is 13.8 Å². The maximum absolute atomic E-state index is 12.8. The average Bonchev–Trinajstić information content (AvgIpc) is 3.69. The number of hydrogen-bond acceptors (Lipinski definition) is 9. The number of aliphatic carboxylic acids is 1. The van der Waals surface area contributed by atoms with E-state index in [1.54, 1.807) is 10.8 Å². The fourth-order valence-corrected chi connectivity index (χ4v) is 9.06. The van der Waals surface area contributed by atoms with Crippen molar-refractivity contribution in [1.82, 2.24) is 9.13 Å². The number of carboxylic acid groups (broad SMARTS) is 1. The van der Waals surface area contributed by atoms with Gasteiger partial charge in [0.15, 0.2) is 11.8 Å². The number of allylic oxidation sites excluding steroid dienone is 8. The molecule has 0 amide bonds. The number of aliphatic hydroxyl groups is 2. The molecule has 7 N–H and O–H groups in total. The van der Waals surface area contributed by atoms with Crippen LogP contribution in [0.1, 0.15) is 137 Å². The summed E-state index contributed by atoms with van der Waals surface area (Å²) < 4.78 is 15.9. The van der Waals surface area contributed by atoms with E-state index in [0.717, 1.165) is 25.7 Å². The maximum Gasteiger partial charge on any atom is 0.326 e. The van der Waals surface area contributed by atoms with E-state index in [4.69, 9.17) is 9.47 Å². The fourth-order valence-electron chi connectivity index (χ4n) is 9.06. The van der Waals surface area contributed by atoms with Gasteiger partial charge in [-0.1, -0.05) is 46.6 Å². The number of ether oxygens (including phenoxy) is 2. The van der Waals surface area contributed by atoms with Gasteiger partial charge in [-0.15, -0.1) is 0 Å². The van der Waals surface area contributed by atoms with Gasteiger partial charge in [0.1, 0.15) is 40.2 Å². The third kappa shape index (κ3) is 10.2. The molecule has 4 heterocycles.